The molecule has 0 radical (unpaired) electrons. The van der Waals surface area contributed by atoms with E-state index in [2.05, 4.69) is 4.72 Å². The van der Waals surface area contributed by atoms with E-state index in [4.69, 9.17) is 5.11 Å². The largest absolute Gasteiger partial charge is 0.481 e. The first-order chi connectivity index (χ1) is 9.39. The standard InChI is InChI=1S/C14H21NO4S/c1-3-11-5-7-13(8-6-11)20(18,19)15-10-12(4-2)9-14(16)17/h5-8,12,15H,3-4,9-10H2,1-2H3,(H,16,17). The van der Waals surface area contributed by atoms with Gasteiger partial charge in [-0.3, -0.25) is 4.79 Å². The molecular weight excluding hydrogens is 278 g/mol. The molecule has 0 aliphatic heterocycles. The highest BCUT2D eigenvalue weighted by molar-refractivity contribution is 7.89. The van der Waals surface area contributed by atoms with Crippen LogP contribution in [0, 0.1) is 5.92 Å². The number of carbonyl (C=O) groups is 1. The molecule has 0 saturated heterocycles. The molecule has 1 rings (SSSR count). The molecule has 0 aromatic heterocycles. The van der Waals surface area contributed by atoms with Gasteiger partial charge in [0.25, 0.3) is 0 Å². The Kier molecular flexibility index (Phi) is 6.16. The lowest BCUT2D eigenvalue weighted by molar-refractivity contribution is -0.138. The van der Waals surface area contributed by atoms with Gasteiger partial charge in [0.05, 0.1) is 4.90 Å². The van der Waals surface area contributed by atoms with Gasteiger partial charge >= 0.3 is 5.97 Å². The van der Waals surface area contributed by atoms with Crippen molar-refractivity contribution < 1.29 is 18.3 Å². The number of benzene rings is 1. The van der Waals surface area contributed by atoms with Gasteiger partial charge in [0.15, 0.2) is 0 Å². The van der Waals surface area contributed by atoms with Crippen molar-refractivity contribution in [2.75, 3.05) is 6.54 Å². The molecule has 0 fully saturated rings. The van der Waals surface area contributed by atoms with Crippen LogP contribution in [0.5, 0.6) is 0 Å². The maximum absolute atomic E-state index is 12.1. The summed E-state index contributed by atoms with van der Waals surface area (Å²) in [5.41, 5.74) is 1.07. The first kappa shape index (κ1) is 16.7. The number of nitrogens with one attached hydrogen (secondary N) is 1. The highest BCUT2D eigenvalue weighted by atomic mass is 32.2. The lowest BCUT2D eigenvalue weighted by Crippen LogP contribution is -2.30. The van der Waals surface area contributed by atoms with E-state index < -0.39 is 16.0 Å². The molecule has 5 nitrogen and oxygen atoms in total. The minimum atomic E-state index is -3.57. The van der Waals surface area contributed by atoms with Gasteiger partial charge in [-0.15, -0.1) is 0 Å². The van der Waals surface area contributed by atoms with Gasteiger partial charge in [-0.05, 0) is 30.0 Å². The average molecular weight is 299 g/mol. The van der Waals surface area contributed by atoms with Gasteiger partial charge in [0.2, 0.25) is 10.0 Å². The number of rotatable bonds is 8. The van der Waals surface area contributed by atoms with E-state index in [0.717, 1.165) is 12.0 Å². The molecule has 0 aliphatic rings. The minimum absolute atomic E-state index is 0.0339. The SMILES string of the molecule is CCc1ccc(S(=O)(=O)NCC(CC)CC(=O)O)cc1. The number of carboxylic acid groups (broad SMARTS) is 1. The van der Waals surface area contributed by atoms with Crippen LogP contribution in [0.1, 0.15) is 32.3 Å². The summed E-state index contributed by atoms with van der Waals surface area (Å²) < 4.78 is 26.6. The van der Waals surface area contributed by atoms with Crippen molar-refractivity contribution in [2.24, 2.45) is 5.92 Å². The van der Waals surface area contributed by atoms with Crippen molar-refractivity contribution in [3.63, 3.8) is 0 Å². The van der Waals surface area contributed by atoms with E-state index in [-0.39, 0.29) is 23.8 Å². The predicted octanol–water partition coefficient (Wildman–Crippen LogP) is 2.03. The van der Waals surface area contributed by atoms with E-state index in [1.165, 1.54) is 0 Å². The van der Waals surface area contributed by atoms with Crippen molar-refractivity contribution in [2.45, 2.75) is 38.0 Å². The number of hydrogen-bond donors (Lipinski definition) is 2. The van der Waals surface area contributed by atoms with Gasteiger partial charge < -0.3 is 5.11 Å². The Hall–Kier alpha value is -1.40. The van der Waals surface area contributed by atoms with Crippen molar-refractivity contribution in [1.29, 1.82) is 0 Å². The van der Waals surface area contributed by atoms with E-state index >= 15 is 0 Å². The normalized spacial score (nSPS) is 13.1. The van der Waals surface area contributed by atoms with Crippen LogP contribution < -0.4 is 4.72 Å². The molecule has 1 aromatic carbocycles. The Labute approximate surface area is 120 Å². The van der Waals surface area contributed by atoms with Crippen molar-refractivity contribution >= 4 is 16.0 Å². The summed E-state index contributed by atoms with van der Waals surface area (Å²) in [5, 5.41) is 8.74. The van der Waals surface area contributed by atoms with Gasteiger partial charge in [-0.1, -0.05) is 32.4 Å². The molecule has 1 unspecified atom stereocenters. The fraction of sp³-hybridized carbons (Fsp3) is 0.500. The molecule has 0 aliphatic carbocycles. The molecule has 0 amide bonds. The number of aliphatic carboxylic acids is 1. The van der Waals surface area contributed by atoms with E-state index in [1.807, 2.05) is 13.8 Å². The number of sulfonamides is 1. The van der Waals surface area contributed by atoms with Crippen LogP contribution >= 0.6 is 0 Å². The average Bonchev–Trinajstić information content (AvgIpc) is 2.43. The second-order valence-corrected chi connectivity index (χ2v) is 6.49. The first-order valence-corrected chi connectivity index (χ1v) is 8.17. The summed E-state index contributed by atoms with van der Waals surface area (Å²) in [6.07, 6.45) is 1.43. The number of aryl methyl sites for hydroxylation is 1. The van der Waals surface area contributed by atoms with Crippen LogP contribution in [0.2, 0.25) is 0 Å². The fourth-order valence-electron chi connectivity index (χ4n) is 1.82. The molecule has 20 heavy (non-hydrogen) atoms. The van der Waals surface area contributed by atoms with E-state index in [0.29, 0.717) is 6.42 Å². The Bertz CT molecular complexity index is 537. The van der Waals surface area contributed by atoms with Gasteiger partial charge in [-0.2, -0.15) is 0 Å². The second-order valence-electron chi connectivity index (χ2n) is 4.72. The van der Waals surface area contributed by atoms with Crippen LogP contribution in [-0.4, -0.2) is 26.0 Å². The number of hydrogen-bond acceptors (Lipinski definition) is 3. The molecule has 0 heterocycles. The Morgan fingerprint density at radius 2 is 1.85 bits per heavy atom. The maximum Gasteiger partial charge on any atom is 0.303 e. The van der Waals surface area contributed by atoms with Crippen molar-refractivity contribution in [1.82, 2.24) is 4.72 Å². The highest BCUT2D eigenvalue weighted by Gasteiger charge is 2.17. The van der Waals surface area contributed by atoms with Gasteiger partial charge in [0, 0.05) is 13.0 Å². The third kappa shape index (κ3) is 4.94. The molecule has 0 saturated carbocycles. The molecule has 0 bridgehead atoms. The number of carboxylic acids is 1. The summed E-state index contributed by atoms with van der Waals surface area (Å²) in [6, 6.07) is 6.70. The van der Waals surface area contributed by atoms with Gasteiger partial charge in [-0.25, -0.2) is 13.1 Å². The van der Waals surface area contributed by atoms with Crippen LogP contribution in [0.3, 0.4) is 0 Å². The molecule has 2 N–H and O–H groups in total. The lowest BCUT2D eigenvalue weighted by atomic mass is 10.0. The second kappa shape index (κ2) is 7.40. The minimum Gasteiger partial charge on any atom is -0.481 e. The van der Waals surface area contributed by atoms with Gasteiger partial charge in [0.1, 0.15) is 0 Å². The first-order valence-electron chi connectivity index (χ1n) is 6.69. The van der Waals surface area contributed by atoms with Crippen LogP contribution in [0.4, 0.5) is 0 Å². The third-order valence-corrected chi connectivity index (χ3v) is 4.68. The van der Waals surface area contributed by atoms with Crippen LogP contribution in [0.15, 0.2) is 29.2 Å². The zero-order valence-corrected chi connectivity index (χ0v) is 12.6. The smallest absolute Gasteiger partial charge is 0.303 e. The Morgan fingerprint density at radius 1 is 1.25 bits per heavy atom. The summed E-state index contributed by atoms with van der Waals surface area (Å²) in [7, 11) is -3.57. The van der Waals surface area contributed by atoms with E-state index in [9.17, 15) is 13.2 Å². The topological polar surface area (TPSA) is 83.5 Å². The summed E-state index contributed by atoms with van der Waals surface area (Å²) in [5.74, 6) is -1.11. The zero-order chi connectivity index (χ0) is 15.2. The maximum atomic E-state index is 12.1. The van der Waals surface area contributed by atoms with Crippen molar-refractivity contribution in [3.05, 3.63) is 29.8 Å². The Morgan fingerprint density at radius 3 is 2.30 bits per heavy atom. The summed E-state index contributed by atoms with van der Waals surface area (Å²) >= 11 is 0. The molecule has 1 aromatic rings. The monoisotopic (exact) mass is 299 g/mol. The van der Waals surface area contributed by atoms with Crippen molar-refractivity contribution in [3.8, 4) is 0 Å². The molecule has 112 valence electrons. The molecule has 0 spiro atoms. The summed E-state index contributed by atoms with van der Waals surface area (Å²) in [6.45, 7) is 3.98. The highest BCUT2D eigenvalue weighted by Crippen LogP contribution is 2.13. The van der Waals surface area contributed by atoms with Crippen LogP contribution in [-0.2, 0) is 21.2 Å². The molecule has 6 heteroatoms. The fourth-order valence-corrected chi connectivity index (χ4v) is 2.94. The Balaban J connectivity index is 2.71. The lowest BCUT2D eigenvalue weighted by Gasteiger charge is -2.14. The zero-order valence-electron chi connectivity index (χ0n) is 11.8. The quantitative estimate of drug-likeness (QED) is 0.769. The molecule has 1 atom stereocenters. The summed E-state index contributed by atoms with van der Waals surface area (Å²) in [4.78, 5) is 10.9. The predicted molar refractivity (Wildman–Crippen MR) is 77.0 cm³/mol. The molecular formula is C14H21NO4S. The third-order valence-electron chi connectivity index (χ3n) is 3.24. The van der Waals surface area contributed by atoms with E-state index in [1.54, 1.807) is 24.3 Å². The van der Waals surface area contributed by atoms with Crippen LogP contribution in [0.25, 0.3) is 0 Å².